The molecule has 8 nitrogen and oxygen atoms in total. The molecule has 164 valence electrons. The summed E-state index contributed by atoms with van der Waals surface area (Å²) in [5.41, 5.74) is -0.536. The van der Waals surface area contributed by atoms with Gasteiger partial charge in [-0.3, -0.25) is 0 Å². The number of hydrogen-bond donors (Lipinski definition) is 0. The van der Waals surface area contributed by atoms with E-state index < -0.39 is 27.4 Å². The van der Waals surface area contributed by atoms with Crippen LogP contribution in [0.5, 0.6) is 0 Å². The van der Waals surface area contributed by atoms with Crippen molar-refractivity contribution in [3.63, 3.8) is 0 Å². The fourth-order valence-electron chi connectivity index (χ4n) is 3.24. The average Bonchev–Trinajstić information content (AvgIpc) is 3.36. The van der Waals surface area contributed by atoms with Gasteiger partial charge in [-0.25, -0.2) is 18.4 Å². The highest BCUT2D eigenvalue weighted by Crippen LogP contribution is 2.36. The van der Waals surface area contributed by atoms with Crippen molar-refractivity contribution >= 4 is 9.84 Å². The number of pyridine rings is 1. The minimum absolute atomic E-state index is 0.0339. The van der Waals surface area contributed by atoms with Crippen LogP contribution in [-0.2, 0) is 37.5 Å². The summed E-state index contributed by atoms with van der Waals surface area (Å²) in [6.45, 7) is -0.166. The monoisotopic (exact) mass is 454 g/mol. The Labute approximate surface area is 175 Å². The summed E-state index contributed by atoms with van der Waals surface area (Å²) >= 11 is 0. The third-order valence-corrected chi connectivity index (χ3v) is 5.82. The SMILES string of the molecule is CS(=O)(=O)c1ccc(-n2nc(C(F)(F)F)nc2C2(Cc3ccccc3)COCO2)nc1. The van der Waals surface area contributed by atoms with Gasteiger partial charge in [0.05, 0.1) is 11.5 Å². The number of halogens is 3. The highest BCUT2D eigenvalue weighted by molar-refractivity contribution is 7.90. The second-order valence-corrected chi connectivity index (χ2v) is 9.08. The molecule has 0 aliphatic carbocycles. The lowest BCUT2D eigenvalue weighted by Crippen LogP contribution is -2.35. The van der Waals surface area contributed by atoms with Gasteiger partial charge < -0.3 is 9.47 Å². The molecule has 0 bridgehead atoms. The Morgan fingerprint density at radius 2 is 1.90 bits per heavy atom. The number of benzene rings is 1. The predicted octanol–water partition coefficient (Wildman–Crippen LogP) is 2.53. The predicted molar refractivity (Wildman–Crippen MR) is 101 cm³/mol. The molecule has 3 heterocycles. The fourth-order valence-corrected chi connectivity index (χ4v) is 3.80. The van der Waals surface area contributed by atoms with Crippen molar-refractivity contribution < 1.29 is 31.1 Å². The van der Waals surface area contributed by atoms with Crippen LogP contribution in [0.4, 0.5) is 13.2 Å². The van der Waals surface area contributed by atoms with Crippen molar-refractivity contribution in [2.75, 3.05) is 19.7 Å². The zero-order valence-corrected chi connectivity index (χ0v) is 17.0. The van der Waals surface area contributed by atoms with Gasteiger partial charge in [-0.05, 0) is 17.7 Å². The first kappa shape index (κ1) is 21.4. The number of aromatic nitrogens is 4. The normalized spacial score (nSPS) is 19.6. The number of nitrogens with zero attached hydrogens (tertiary/aromatic N) is 4. The third-order valence-electron chi connectivity index (χ3n) is 4.72. The molecule has 1 aliphatic rings. The number of rotatable bonds is 5. The average molecular weight is 454 g/mol. The molecule has 0 amide bonds. The van der Waals surface area contributed by atoms with Crippen molar-refractivity contribution in [3.8, 4) is 5.82 Å². The van der Waals surface area contributed by atoms with E-state index in [1.54, 1.807) is 12.1 Å². The first-order chi connectivity index (χ1) is 14.6. The van der Waals surface area contributed by atoms with E-state index in [0.29, 0.717) is 0 Å². The molecule has 4 rings (SSSR count). The molecule has 1 unspecified atom stereocenters. The summed E-state index contributed by atoms with van der Waals surface area (Å²) in [5, 5.41) is 3.61. The number of hydrogen-bond acceptors (Lipinski definition) is 7. The Kier molecular flexibility index (Phi) is 5.31. The number of ether oxygens (including phenoxy) is 2. The summed E-state index contributed by atoms with van der Waals surface area (Å²) < 4.78 is 75.7. The highest BCUT2D eigenvalue weighted by atomic mass is 32.2. The van der Waals surface area contributed by atoms with E-state index in [2.05, 4.69) is 15.1 Å². The van der Waals surface area contributed by atoms with Crippen molar-refractivity contribution in [1.29, 1.82) is 0 Å². The molecule has 1 aliphatic heterocycles. The van der Waals surface area contributed by atoms with Gasteiger partial charge in [0.2, 0.25) is 0 Å². The van der Waals surface area contributed by atoms with E-state index in [0.717, 1.165) is 22.7 Å². The maximum atomic E-state index is 13.4. The van der Waals surface area contributed by atoms with Gasteiger partial charge in [-0.1, -0.05) is 30.3 Å². The molecule has 0 radical (unpaired) electrons. The zero-order valence-electron chi connectivity index (χ0n) is 16.2. The molecular formula is C19H17F3N4O4S. The number of alkyl halides is 3. The second-order valence-electron chi connectivity index (χ2n) is 7.06. The zero-order chi connectivity index (χ0) is 22.3. The van der Waals surface area contributed by atoms with Gasteiger partial charge in [-0.15, -0.1) is 5.10 Å². The molecule has 1 aromatic carbocycles. The molecule has 1 atom stereocenters. The van der Waals surface area contributed by atoms with Crippen molar-refractivity contribution in [2.24, 2.45) is 0 Å². The van der Waals surface area contributed by atoms with Crippen LogP contribution in [0.3, 0.4) is 0 Å². The molecule has 2 aromatic heterocycles. The summed E-state index contributed by atoms with van der Waals surface area (Å²) in [5.74, 6) is -1.53. The van der Waals surface area contributed by atoms with E-state index in [9.17, 15) is 21.6 Å². The quantitative estimate of drug-likeness (QED) is 0.585. The van der Waals surface area contributed by atoms with Gasteiger partial charge in [0.25, 0.3) is 5.82 Å². The van der Waals surface area contributed by atoms with Gasteiger partial charge in [-0.2, -0.15) is 17.9 Å². The lowest BCUT2D eigenvalue weighted by Gasteiger charge is -2.26. The van der Waals surface area contributed by atoms with Gasteiger partial charge in [0.1, 0.15) is 6.79 Å². The lowest BCUT2D eigenvalue weighted by molar-refractivity contribution is -0.145. The molecule has 1 saturated heterocycles. The van der Waals surface area contributed by atoms with Crippen LogP contribution in [-0.4, -0.2) is 47.8 Å². The van der Waals surface area contributed by atoms with E-state index in [4.69, 9.17) is 9.47 Å². The second kappa shape index (κ2) is 7.70. The van der Waals surface area contributed by atoms with Crippen molar-refractivity contribution in [3.05, 3.63) is 65.9 Å². The molecular weight excluding hydrogens is 437 g/mol. The Morgan fingerprint density at radius 1 is 1.16 bits per heavy atom. The minimum Gasteiger partial charge on any atom is -0.352 e. The molecule has 31 heavy (non-hydrogen) atoms. The smallest absolute Gasteiger partial charge is 0.352 e. The van der Waals surface area contributed by atoms with Crippen LogP contribution in [0.15, 0.2) is 53.6 Å². The third kappa shape index (κ3) is 4.31. The molecule has 12 heteroatoms. The first-order valence-electron chi connectivity index (χ1n) is 9.05. The molecule has 0 N–H and O–H groups in total. The van der Waals surface area contributed by atoms with Crippen LogP contribution >= 0.6 is 0 Å². The maximum Gasteiger partial charge on any atom is 0.453 e. The topological polar surface area (TPSA) is 96.2 Å². The number of sulfone groups is 1. The van der Waals surface area contributed by atoms with Crippen molar-refractivity contribution in [2.45, 2.75) is 23.1 Å². The van der Waals surface area contributed by atoms with E-state index in [1.165, 1.54) is 12.1 Å². The van der Waals surface area contributed by atoms with Crippen molar-refractivity contribution in [1.82, 2.24) is 19.7 Å². The largest absolute Gasteiger partial charge is 0.453 e. The Balaban J connectivity index is 1.85. The van der Waals surface area contributed by atoms with E-state index in [1.807, 2.05) is 18.2 Å². The molecule has 0 spiro atoms. The van der Waals surface area contributed by atoms with E-state index >= 15 is 0 Å². The Bertz CT molecular complexity index is 1170. The van der Waals surface area contributed by atoms with Crippen LogP contribution in [0, 0.1) is 0 Å². The van der Waals surface area contributed by atoms with Crippen LogP contribution in [0.25, 0.3) is 5.82 Å². The minimum atomic E-state index is -4.81. The summed E-state index contributed by atoms with van der Waals surface area (Å²) in [4.78, 5) is 7.67. The molecule has 3 aromatic rings. The van der Waals surface area contributed by atoms with Gasteiger partial charge >= 0.3 is 6.18 Å². The van der Waals surface area contributed by atoms with Gasteiger partial charge in [0, 0.05) is 18.9 Å². The highest BCUT2D eigenvalue weighted by Gasteiger charge is 2.47. The summed E-state index contributed by atoms with van der Waals surface area (Å²) in [6.07, 6.45) is -2.56. The Hall–Kier alpha value is -2.83. The van der Waals surface area contributed by atoms with Gasteiger partial charge in [0.15, 0.2) is 27.1 Å². The molecule has 0 saturated carbocycles. The maximum absolute atomic E-state index is 13.4. The standard InChI is InChI=1S/C19H17F3N4O4S/c1-31(27,28)14-7-8-15(23-10-14)26-17(24-16(25-26)19(20,21)22)18(11-29-12-30-18)9-13-5-3-2-4-6-13/h2-8,10H,9,11-12H2,1H3. The van der Waals surface area contributed by atoms with Crippen LogP contribution in [0.1, 0.15) is 17.2 Å². The lowest BCUT2D eigenvalue weighted by atomic mass is 9.94. The first-order valence-corrected chi connectivity index (χ1v) is 10.9. The van der Waals surface area contributed by atoms with Crippen LogP contribution in [0.2, 0.25) is 0 Å². The Morgan fingerprint density at radius 3 is 2.45 bits per heavy atom. The fraction of sp³-hybridized carbons (Fsp3) is 0.316. The summed E-state index contributed by atoms with van der Waals surface area (Å²) in [7, 11) is -3.53. The molecule has 1 fully saturated rings. The van der Waals surface area contributed by atoms with Crippen LogP contribution < -0.4 is 0 Å². The summed E-state index contributed by atoms with van der Waals surface area (Å²) in [6, 6.07) is 11.6. The van der Waals surface area contributed by atoms with E-state index in [-0.39, 0.29) is 36.4 Å².